The van der Waals surface area contributed by atoms with E-state index in [4.69, 9.17) is 5.26 Å². The zero-order valence-corrected chi connectivity index (χ0v) is 11.0. The van der Waals surface area contributed by atoms with Gasteiger partial charge in [0.15, 0.2) is 4.91 Å². The highest BCUT2D eigenvalue weighted by Gasteiger charge is 2.28. The van der Waals surface area contributed by atoms with Crippen molar-refractivity contribution >= 4 is 9.84 Å². The zero-order valence-electron chi connectivity index (χ0n) is 10.2. The summed E-state index contributed by atoms with van der Waals surface area (Å²) in [4.78, 5) is -0.830. The Labute approximate surface area is 111 Å². The Bertz CT molecular complexity index is 651. The fourth-order valence-electron chi connectivity index (χ4n) is 2.01. The van der Waals surface area contributed by atoms with Crippen LogP contribution in [-0.2, 0) is 9.84 Å². The first-order valence-electron chi connectivity index (χ1n) is 5.94. The van der Waals surface area contributed by atoms with E-state index in [0.717, 1.165) is 18.9 Å². The van der Waals surface area contributed by atoms with Crippen molar-refractivity contribution in [2.24, 2.45) is 0 Å². The molecule has 100 valence electrons. The molecule has 1 aliphatic heterocycles. The lowest BCUT2D eigenvalue weighted by atomic mass is 10.1. The van der Waals surface area contributed by atoms with Crippen LogP contribution < -0.4 is 5.32 Å². The lowest BCUT2D eigenvalue weighted by Gasteiger charge is -2.18. The van der Waals surface area contributed by atoms with Crippen LogP contribution >= 0.6 is 0 Å². The molecule has 0 saturated carbocycles. The van der Waals surface area contributed by atoms with E-state index in [1.165, 1.54) is 18.2 Å². The molecule has 1 aromatic carbocycles. The lowest BCUT2D eigenvalue weighted by molar-refractivity contribution is 0.565. The topological polar surface area (TPSA) is 70.0 Å². The molecule has 0 bridgehead atoms. The molecule has 0 aliphatic carbocycles. The molecule has 1 aromatic rings. The van der Waals surface area contributed by atoms with Gasteiger partial charge < -0.3 is 5.32 Å². The minimum absolute atomic E-state index is 0.378. The van der Waals surface area contributed by atoms with Crippen molar-refractivity contribution in [3.05, 3.63) is 40.7 Å². The van der Waals surface area contributed by atoms with E-state index in [2.05, 4.69) is 5.32 Å². The van der Waals surface area contributed by atoms with Gasteiger partial charge in [-0.3, -0.25) is 0 Å². The molecular weight excluding hydrogens is 267 g/mol. The fraction of sp³-hybridized carbons (Fsp3) is 0.308. The van der Waals surface area contributed by atoms with Crippen LogP contribution in [0, 0.1) is 17.1 Å². The summed E-state index contributed by atoms with van der Waals surface area (Å²) in [6, 6.07) is 6.79. The molecule has 0 aromatic heterocycles. The predicted molar refractivity (Wildman–Crippen MR) is 68.1 cm³/mol. The third kappa shape index (κ3) is 2.61. The number of piperidine rings is 1. The van der Waals surface area contributed by atoms with Crippen molar-refractivity contribution in [3.8, 4) is 6.07 Å². The van der Waals surface area contributed by atoms with E-state index in [9.17, 15) is 12.8 Å². The Kier molecular flexibility index (Phi) is 3.86. The second kappa shape index (κ2) is 5.41. The maximum atomic E-state index is 13.6. The van der Waals surface area contributed by atoms with E-state index in [1.54, 1.807) is 6.07 Å². The van der Waals surface area contributed by atoms with Crippen LogP contribution in [0.4, 0.5) is 4.39 Å². The van der Waals surface area contributed by atoms with Gasteiger partial charge in [0.1, 0.15) is 16.8 Å². The summed E-state index contributed by atoms with van der Waals surface area (Å²) < 4.78 is 38.3. The molecule has 1 saturated heterocycles. The highest BCUT2D eigenvalue weighted by Crippen LogP contribution is 2.26. The van der Waals surface area contributed by atoms with E-state index >= 15 is 0 Å². The number of sulfone groups is 1. The predicted octanol–water partition coefficient (Wildman–Crippen LogP) is 2.11. The molecule has 0 spiro atoms. The molecule has 0 atom stereocenters. The first-order valence-corrected chi connectivity index (χ1v) is 7.42. The van der Waals surface area contributed by atoms with Crippen LogP contribution in [0.3, 0.4) is 0 Å². The third-order valence-electron chi connectivity index (χ3n) is 2.96. The highest BCUT2D eigenvalue weighted by atomic mass is 32.2. The number of nitrogens with zero attached hydrogens (tertiary/aromatic N) is 1. The SMILES string of the molecule is N#C/C(=C1\CCCCN1)S(=O)(=O)c1ccccc1F. The van der Waals surface area contributed by atoms with Gasteiger partial charge in [0.2, 0.25) is 9.84 Å². The number of hydrogen-bond acceptors (Lipinski definition) is 4. The maximum Gasteiger partial charge on any atom is 0.221 e. The fourth-order valence-corrected chi connectivity index (χ4v) is 3.43. The molecule has 1 heterocycles. The van der Waals surface area contributed by atoms with Gasteiger partial charge in [0, 0.05) is 12.2 Å². The largest absolute Gasteiger partial charge is 0.387 e. The number of nitrogens with one attached hydrogen (secondary N) is 1. The summed E-state index contributed by atoms with van der Waals surface area (Å²) in [5.41, 5.74) is 0.386. The van der Waals surface area contributed by atoms with Crippen molar-refractivity contribution in [1.82, 2.24) is 5.32 Å². The summed E-state index contributed by atoms with van der Waals surface area (Å²) in [5, 5.41) is 12.0. The minimum Gasteiger partial charge on any atom is -0.387 e. The smallest absolute Gasteiger partial charge is 0.221 e. The van der Waals surface area contributed by atoms with Crippen molar-refractivity contribution < 1.29 is 12.8 Å². The molecule has 1 aliphatic rings. The van der Waals surface area contributed by atoms with Crippen molar-refractivity contribution in [1.29, 1.82) is 5.26 Å². The first-order chi connectivity index (χ1) is 9.07. The summed E-state index contributed by atoms with van der Waals surface area (Å²) in [5.74, 6) is -0.841. The van der Waals surface area contributed by atoms with Crippen LogP contribution in [0.15, 0.2) is 39.8 Å². The van der Waals surface area contributed by atoms with Crippen LogP contribution in [0.25, 0.3) is 0 Å². The number of halogens is 1. The van der Waals surface area contributed by atoms with E-state index in [-0.39, 0.29) is 4.91 Å². The quantitative estimate of drug-likeness (QED) is 0.842. The van der Waals surface area contributed by atoms with Gasteiger partial charge in [-0.25, -0.2) is 12.8 Å². The average Bonchev–Trinajstić information content (AvgIpc) is 2.40. The summed E-state index contributed by atoms with van der Waals surface area (Å²) in [6.07, 6.45) is 2.25. The van der Waals surface area contributed by atoms with Gasteiger partial charge in [0.05, 0.1) is 0 Å². The van der Waals surface area contributed by atoms with Gasteiger partial charge in [-0.05, 0) is 31.4 Å². The Balaban J connectivity index is 2.55. The summed E-state index contributed by atoms with van der Waals surface area (Å²) in [6.45, 7) is 0.632. The van der Waals surface area contributed by atoms with Crippen molar-refractivity contribution in [2.75, 3.05) is 6.54 Å². The van der Waals surface area contributed by atoms with Crippen LogP contribution in [-0.4, -0.2) is 15.0 Å². The van der Waals surface area contributed by atoms with E-state index < -0.39 is 20.5 Å². The van der Waals surface area contributed by atoms with Crippen LogP contribution in [0.1, 0.15) is 19.3 Å². The minimum atomic E-state index is -4.10. The molecule has 19 heavy (non-hydrogen) atoms. The van der Waals surface area contributed by atoms with E-state index in [0.29, 0.717) is 18.7 Å². The van der Waals surface area contributed by atoms with Gasteiger partial charge in [-0.15, -0.1) is 0 Å². The number of rotatable bonds is 2. The highest BCUT2D eigenvalue weighted by molar-refractivity contribution is 7.95. The summed E-state index contributed by atoms with van der Waals surface area (Å²) >= 11 is 0. The molecular formula is C13H13FN2O2S. The molecule has 0 unspecified atom stereocenters. The Hall–Kier alpha value is -1.87. The molecule has 1 N–H and O–H groups in total. The molecule has 0 radical (unpaired) electrons. The standard InChI is InChI=1S/C13H13FN2O2S/c14-10-5-1-2-7-12(10)19(17,18)13(9-15)11-6-3-4-8-16-11/h1-2,5,7,16H,3-4,6,8H2/b13-11-. The monoisotopic (exact) mass is 280 g/mol. The van der Waals surface area contributed by atoms with Gasteiger partial charge in [-0.1, -0.05) is 12.1 Å². The summed E-state index contributed by atoms with van der Waals surface area (Å²) in [7, 11) is -4.10. The van der Waals surface area contributed by atoms with Crippen LogP contribution in [0.5, 0.6) is 0 Å². The third-order valence-corrected chi connectivity index (χ3v) is 4.75. The molecule has 4 nitrogen and oxygen atoms in total. The average molecular weight is 280 g/mol. The molecule has 6 heteroatoms. The maximum absolute atomic E-state index is 13.6. The number of benzene rings is 1. The van der Waals surface area contributed by atoms with Gasteiger partial charge in [-0.2, -0.15) is 5.26 Å². The number of allylic oxidation sites excluding steroid dienone is 2. The van der Waals surface area contributed by atoms with Crippen LogP contribution in [0.2, 0.25) is 0 Å². The normalized spacial score (nSPS) is 18.3. The van der Waals surface area contributed by atoms with E-state index in [1.807, 2.05) is 0 Å². The molecule has 1 fully saturated rings. The Morgan fingerprint density at radius 1 is 1.32 bits per heavy atom. The van der Waals surface area contributed by atoms with Gasteiger partial charge >= 0.3 is 0 Å². The van der Waals surface area contributed by atoms with Crippen molar-refractivity contribution in [2.45, 2.75) is 24.2 Å². The second-order valence-corrected chi connectivity index (χ2v) is 6.09. The molecule has 0 amide bonds. The Morgan fingerprint density at radius 2 is 2.05 bits per heavy atom. The molecule has 2 rings (SSSR count). The lowest BCUT2D eigenvalue weighted by Crippen LogP contribution is -2.23. The first kappa shape index (κ1) is 13.6. The van der Waals surface area contributed by atoms with Gasteiger partial charge in [0.25, 0.3) is 0 Å². The Morgan fingerprint density at radius 3 is 2.63 bits per heavy atom. The second-order valence-electron chi connectivity index (χ2n) is 4.24. The zero-order chi connectivity index (χ0) is 13.9. The number of nitriles is 1. The van der Waals surface area contributed by atoms with Crippen molar-refractivity contribution in [3.63, 3.8) is 0 Å². The number of hydrogen-bond donors (Lipinski definition) is 1.